The molecule has 3 rings (SSSR count). The molecule has 1 aromatic heterocycles. The SMILES string of the molecule is CC1CCC(C#N)(C(O)c2cncn2C2CC2)C1. The topological polar surface area (TPSA) is 61.8 Å². The lowest BCUT2D eigenvalue weighted by molar-refractivity contribution is 0.0577. The summed E-state index contributed by atoms with van der Waals surface area (Å²) in [6.07, 6.45) is 7.75. The second-order valence-corrected chi connectivity index (χ2v) is 5.98. The Kier molecular flexibility index (Phi) is 2.67. The zero-order valence-electron chi connectivity index (χ0n) is 10.7. The molecule has 0 bridgehead atoms. The van der Waals surface area contributed by atoms with Crippen molar-refractivity contribution in [3.05, 3.63) is 18.2 Å². The molecule has 1 heterocycles. The summed E-state index contributed by atoms with van der Waals surface area (Å²) in [5.41, 5.74) is 0.222. The molecular formula is C14H19N3O. The highest BCUT2D eigenvalue weighted by Gasteiger charge is 2.46. The zero-order chi connectivity index (χ0) is 12.8. The molecule has 18 heavy (non-hydrogen) atoms. The van der Waals surface area contributed by atoms with Gasteiger partial charge in [0.2, 0.25) is 0 Å². The molecule has 0 saturated heterocycles. The third-order valence-corrected chi connectivity index (χ3v) is 4.46. The van der Waals surface area contributed by atoms with Gasteiger partial charge in [0.1, 0.15) is 6.10 Å². The van der Waals surface area contributed by atoms with Gasteiger partial charge < -0.3 is 9.67 Å². The Balaban J connectivity index is 1.91. The Morgan fingerprint density at radius 1 is 1.56 bits per heavy atom. The van der Waals surface area contributed by atoms with Crippen molar-refractivity contribution in [1.82, 2.24) is 9.55 Å². The molecule has 3 atom stereocenters. The first-order valence-electron chi connectivity index (χ1n) is 6.77. The number of aliphatic hydroxyl groups excluding tert-OH is 1. The molecule has 2 fully saturated rings. The molecule has 96 valence electrons. The predicted octanol–water partition coefficient (Wildman–Crippen LogP) is 2.58. The minimum Gasteiger partial charge on any atom is -0.385 e. The van der Waals surface area contributed by atoms with Crippen molar-refractivity contribution in [3.63, 3.8) is 0 Å². The van der Waals surface area contributed by atoms with E-state index in [0.29, 0.717) is 12.0 Å². The van der Waals surface area contributed by atoms with Gasteiger partial charge >= 0.3 is 0 Å². The number of aliphatic hydroxyl groups is 1. The van der Waals surface area contributed by atoms with Crippen LogP contribution in [-0.4, -0.2) is 14.7 Å². The van der Waals surface area contributed by atoms with Gasteiger partial charge in [-0.3, -0.25) is 0 Å². The van der Waals surface area contributed by atoms with E-state index >= 15 is 0 Å². The van der Waals surface area contributed by atoms with Crippen LogP contribution in [0, 0.1) is 22.7 Å². The minimum absolute atomic E-state index is 0.492. The number of rotatable bonds is 3. The summed E-state index contributed by atoms with van der Waals surface area (Å²) in [5.74, 6) is 0.525. The van der Waals surface area contributed by atoms with E-state index in [4.69, 9.17) is 0 Å². The van der Waals surface area contributed by atoms with E-state index in [1.807, 2.05) is 0 Å². The van der Waals surface area contributed by atoms with Gasteiger partial charge in [-0.05, 0) is 38.0 Å². The molecule has 3 unspecified atom stereocenters. The smallest absolute Gasteiger partial charge is 0.114 e. The first-order valence-corrected chi connectivity index (χ1v) is 6.77. The van der Waals surface area contributed by atoms with Crippen LogP contribution in [0.4, 0.5) is 0 Å². The molecule has 4 heteroatoms. The van der Waals surface area contributed by atoms with Gasteiger partial charge in [-0.1, -0.05) is 6.92 Å². The predicted molar refractivity (Wildman–Crippen MR) is 66.5 cm³/mol. The Morgan fingerprint density at radius 2 is 2.33 bits per heavy atom. The summed E-state index contributed by atoms with van der Waals surface area (Å²) in [5, 5.41) is 20.2. The highest BCUT2D eigenvalue weighted by Crippen LogP contribution is 2.50. The normalized spacial score (nSPS) is 33.3. The zero-order valence-corrected chi connectivity index (χ0v) is 10.7. The maximum atomic E-state index is 10.7. The lowest BCUT2D eigenvalue weighted by Gasteiger charge is -2.28. The largest absolute Gasteiger partial charge is 0.385 e. The van der Waals surface area contributed by atoms with Gasteiger partial charge in [-0.15, -0.1) is 0 Å². The standard InChI is InChI=1S/C14H19N3O/c1-10-4-5-14(6-10,8-15)13(18)12-7-16-9-17(12)11-2-3-11/h7,9-11,13,18H,2-6H2,1H3. The Labute approximate surface area is 107 Å². The van der Waals surface area contributed by atoms with Crippen molar-refractivity contribution in [2.24, 2.45) is 11.3 Å². The number of hydrogen-bond acceptors (Lipinski definition) is 3. The van der Waals surface area contributed by atoms with Gasteiger partial charge in [-0.2, -0.15) is 5.26 Å². The van der Waals surface area contributed by atoms with Crippen LogP contribution in [0.1, 0.15) is 56.9 Å². The first kappa shape index (κ1) is 11.7. The highest BCUT2D eigenvalue weighted by atomic mass is 16.3. The van der Waals surface area contributed by atoms with Gasteiger partial charge in [0.25, 0.3) is 0 Å². The molecule has 0 amide bonds. The summed E-state index contributed by atoms with van der Waals surface area (Å²) in [6.45, 7) is 2.16. The molecule has 2 aliphatic carbocycles. The second-order valence-electron chi connectivity index (χ2n) is 5.98. The van der Waals surface area contributed by atoms with E-state index in [9.17, 15) is 10.4 Å². The number of hydrogen-bond donors (Lipinski definition) is 1. The van der Waals surface area contributed by atoms with E-state index in [1.165, 1.54) is 0 Å². The van der Waals surface area contributed by atoms with Crippen LogP contribution in [0.5, 0.6) is 0 Å². The minimum atomic E-state index is -0.699. The lowest BCUT2D eigenvalue weighted by Crippen LogP contribution is -2.26. The Hall–Kier alpha value is -1.34. The van der Waals surface area contributed by atoms with Crippen molar-refractivity contribution >= 4 is 0 Å². The maximum Gasteiger partial charge on any atom is 0.114 e. The molecule has 4 nitrogen and oxygen atoms in total. The van der Waals surface area contributed by atoms with Crippen LogP contribution in [-0.2, 0) is 0 Å². The maximum absolute atomic E-state index is 10.7. The molecule has 0 spiro atoms. The van der Waals surface area contributed by atoms with Gasteiger partial charge in [0.15, 0.2) is 0 Å². The quantitative estimate of drug-likeness (QED) is 0.890. The fourth-order valence-electron chi connectivity index (χ4n) is 3.21. The van der Waals surface area contributed by atoms with E-state index < -0.39 is 11.5 Å². The molecule has 2 saturated carbocycles. The van der Waals surface area contributed by atoms with Gasteiger partial charge in [0.05, 0.1) is 29.7 Å². The second kappa shape index (κ2) is 4.10. The van der Waals surface area contributed by atoms with E-state index in [2.05, 4.69) is 22.5 Å². The van der Waals surface area contributed by atoms with Crippen molar-refractivity contribution in [2.75, 3.05) is 0 Å². The Morgan fingerprint density at radius 3 is 2.89 bits per heavy atom. The summed E-state index contributed by atoms with van der Waals surface area (Å²) < 4.78 is 2.06. The van der Waals surface area contributed by atoms with Crippen molar-refractivity contribution in [3.8, 4) is 6.07 Å². The van der Waals surface area contributed by atoms with Crippen LogP contribution in [0.15, 0.2) is 12.5 Å². The van der Waals surface area contributed by atoms with Crippen molar-refractivity contribution in [1.29, 1.82) is 5.26 Å². The van der Waals surface area contributed by atoms with E-state index in [1.54, 1.807) is 12.5 Å². The van der Waals surface area contributed by atoms with Crippen molar-refractivity contribution in [2.45, 2.75) is 51.2 Å². The fraction of sp³-hybridized carbons (Fsp3) is 0.714. The molecule has 1 N–H and O–H groups in total. The van der Waals surface area contributed by atoms with E-state index in [0.717, 1.165) is 37.8 Å². The average Bonchev–Trinajstić information content (AvgIpc) is 2.97. The molecule has 2 aliphatic rings. The van der Waals surface area contributed by atoms with E-state index in [-0.39, 0.29) is 0 Å². The molecule has 1 aromatic rings. The Bertz CT molecular complexity index is 485. The summed E-state index contributed by atoms with van der Waals surface area (Å²) >= 11 is 0. The van der Waals surface area contributed by atoms with Crippen LogP contribution in [0.25, 0.3) is 0 Å². The highest BCUT2D eigenvalue weighted by molar-refractivity contribution is 5.18. The first-order chi connectivity index (χ1) is 8.66. The van der Waals surface area contributed by atoms with Gasteiger partial charge in [0, 0.05) is 6.04 Å². The lowest BCUT2D eigenvalue weighted by atomic mass is 9.80. The number of imidazole rings is 1. The summed E-state index contributed by atoms with van der Waals surface area (Å²) in [7, 11) is 0. The summed E-state index contributed by atoms with van der Waals surface area (Å²) in [6, 6.07) is 2.88. The van der Waals surface area contributed by atoms with Crippen molar-refractivity contribution < 1.29 is 5.11 Å². The third-order valence-electron chi connectivity index (χ3n) is 4.46. The molecular weight excluding hydrogens is 226 g/mol. The average molecular weight is 245 g/mol. The monoisotopic (exact) mass is 245 g/mol. The van der Waals surface area contributed by atoms with Crippen LogP contribution in [0.3, 0.4) is 0 Å². The molecule has 0 radical (unpaired) electrons. The number of nitrogens with zero attached hydrogens (tertiary/aromatic N) is 3. The fourth-order valence-corrected chi connectivity index (χ4v) is 3.21. The number of aromatic nitrogens is 2. The van der Waals surface area contributed by atoms with Crippen LogP contribution in [0.2, 0.25) is 0 Å². The summed E-state index contributed by atoms with van der Waals surface area (Å²) in [4.78, 5) is 4.15. The van der Waals surface area contributed by atoms with Crippen LogP contribution < -0.4 is 0 Å². The molecule has 0 aromatic carbocycles. The van der Waals surface area contributed by atoms with Crippen LogP contribution >= 0.6 is 0 Å². The molecule has 0 aliphatic heterocycles. The third kappa shape index (κ3) is 1.74. The van der Waals surface area contributed by atoms with Gasteiger partial charge in [-0.25, -0.2) is 4.98 Å². The number of nitriles is 1.